The maximum absolute atomic E-state index is 11.3. The summed E-state index contributed by atoms with van der Waals surface area (Å²) >= 11 is 0. The molecule has 4 saturated heterocycles. The molecule has 0 aromatic heterocycles. The number of morpholine rings is 1. The number of nitrogens with two attached hydrogens (primary N) is 5. The zero-order valence-corrected chi connectivity index (χ0v) is 24.1. The first-order valence-electron chi connectivity index (χ1n) is 15.2. The second kappa shape index (κ2) is 14.4. The van der Waals surface area contributed by atoms with Crippen molar-refractivity contribution in [1.29, 1.82) is 0 Å². The molecule has 0 amide bonds. The van der Waals surface area contributed by atoms with Crippen LogP contribution >= 0.6 is 0 Å². The Balaban J connectivity index is 1.32. The summed E-state index contributed by atoms with van der Waals surface area (Å²) in [6.07, 6.45) is -11.6. The van der Waals surface area contributed by atoms with E-state index < -0.39 is 104 Å². The molecule has 18 atom stereocenters. The SMILES string of the molecule is NC[C@@H]1O[C@H](O[C@H]2[C@@H](O)[C@H](O[C@H]3C([C@H]4O[C@H]([C@@H]5COCCN5)CC[C@H]4N)[C@@H](N)C[C@@H](N)[C@@H]3O)O[C@@H]2CO)[C@H](N)[C@@H](O)[C@@H]1O. The van der Waals surface area contributed by atoms with Gasteiger partial charge in [-0.1, -0.05) is 0 Å². The number of aliphatic hydroxyl groups excluding tert-OH is 5. The minimum absolute atomic E-state index is 0.0230. The Morgan fingerprint density at radius 1 is 0.767 bits per heavy atom. The molecule has 1 saturated carbocycles. The minimum atomic E-state index is -1.49. The van der Waals surface area contributed by atoms with Crippen LogP contribution in [0.25, 0.3) is 0 Å². The van der Waals surface area contributed by atoms with Crippen LogP contribution in [-0.4, -0.2) is 162 Å². The van der Waals surface area contributed by atoms with Crippen LogP contribution in [0.15, 0.2) is 0 Å². The molecule has 250 valence electrons. The fourth-order valence-corrected chi connectivity index (χ4v) is 7.03. The highest BCUT2D eigenvalue weighted by molar-refractivity contribution is 5.05. The van der Waals surface area contributed by atoms with Crippen molar-refractivity contribution in [1.82, 2.24) is 5.32 Å². The van der Waals surface area contributed by atoms with Crippen molar-refractivity contribution >= 4 is 0 Å². The third-order valence-corrected chi connectivity index (χ3v) is 9.54. The standard InChI is InChI=1S/C26H50N6O11/c27-6-14-19(35)20(36)17(31)25(40-14)42-23-15(7-33)41-26(21(23)37)43-24-16(10(29)5-11(30)18(24)34)22-9(28)1-2-13(39-22)12-8-38-4-3-32-12/h9-26,32-37H,1-8,27-31H2/t9-,10+,11-,12+,13+,14+,15-,16?,17-,18+,19-,20-,21-,22+,23-,24+,25-,26+/m1/s1. The van der Waals surface area contributed by atoms with E-state index in [0.29, 0.717) is 32.6 Å². The summed E-state index contributed by atoms with van der Waals surface area (Å²) in [5.41, 5.74) is 31.1. The molecule has 5 fully saturated rings. The third kappa shape index (κ3) is 6.89. The van der Waals surface area contributed by atoms with Gasteiger partial charge in [-0.2, -0.15) is 0 Å². The summed E-state index contributed by atoms with van der Waals surface area (Å²) in [5, 5.41) is 56.5. The van der Waals surface area contributed by atoms with Gasteiger partial charge in [-0.15, -0.1) is 0 Å². The Morgan fingerprint density at radius 2 is 1.49 bits per heavy atom. The topological polar surface area (TPSA) is 299 Å². The summed E-state index contributed by atoms with van der Waals surface area (Å²) in [6.45, 7) is 1.14. The van der Waals surface area contributed by atoms with Crippen LogP contribution in [-0.2, 0) is 28.4 Å². The molecule has 0 spiro atoms. The Hall–Kier alpha value is -0.680. The monoisotopic (exact) mass is 622 g/mol. The van der Waals surface area contributed by atoms with Crippen molar-refractivity contribution in [2.75, 3.05) is 32.9 Å². The van der Waals surface area contributed by atoms with E-state index in [0.717, 1.165) is 6.42 Å². The van der Waals surface area contributed by atoms with E-state index in [-0.39, 0.29) is 18.7 Å². The van der Waals surface area contributed by atoms with Gasteiger partial charge in [0, 0.05) is 37.1 Å². The molecule has 0 bridgehead atoms. The van der Waals surface area contributed by atoms with Crippen molar-refractivity contribution in [2.24, 2.45) is 34.6 Å². The van der Waals surface area contributed by atoms with E-state index in [1.165, 1.54) is 0 Å². The van der Waals surface area contributed by atoms with Gasteiger partial charge in [0.1, 0.15) is 36.6 Å². The molecule has 1 unspecified atom stereocenters. The molecule has 5 rings (SSSR count). The molecular formula is C26H50N6O11. The summed E-state index contributed by atoms with van der Waals surface area (Å²) in [5.74, 6) is -0.613. The van der Waals surface area contributed by atoms with Crippen molar-refractivity contribution in [3.8, 4) is 0 Å². The van der Waals surface area contributed by atoms with Gasteiger partial charge in [-0.3, -0.25) is 0 Å². The van der Waals surface area contributed by atoms with Crippen molar-refractivity contribution in [3.63, 3.8) is 0 Å². The first-order chi connectivity index (χ1) is 20.5. The number of rotatable bonds is 8. The van der Waals surface area contributed by atoms with Crippen molar-refractivity contribution in [3.05, 3.63) is 0 Å². The number of ether oxygens (including phenoxy) is 6. The molecule has 16 N–H and O–H groups in total. The second-order valence-electron chi connectivity index (χ2n) is 12.4. The molecule has 4 aliphatic heterocycles. The summed E-state index contributed by atoms with van der Waals surface area (Å²) < 4.78 is 35.8. The zero-order chi connectivity index (χ0) is 31.0. The fourth-order valence-electron chi connectivity index (χ4n) is 7.03. The average Bonchev–Trinajstić information content (AvgIpc) is 3.30. The maximum atomic E-state index is 11.3. The highest BCUT2D eigenvalue weighted by atomic mass is 16.7. The van der Waals surface area contributed by atoms with Gasteiger partial charge in [0.25, 0.3) is 0 Å². The molecular weight excluding hydrogens is 572 g/mol. The first kappa shape index (κ1) is 33.7. The highest BCUT2D eigenvalue weighted by Gasteiger charge is 2.55. The lowest BCUT2D eigenvalue weighted by atomic mass is 9.72. The van der Waals surface area contributed by atoms with Crippen molar-refractivity contribution < 1.29 is 54.0 Å². The number of hydrogen-bond acceptors (Lipinski definition) is 17. The zero-order valence-electron chi connectivity index (χ0n) is 24.1. The molecule has 5 aliphatic rings. The van der Waals surface area contributed by atoms with E-state index in [2.05, 4.69) is 5.32 Å². The number of hydrogen-bond donors (Lipinski definition) is 11. The minimum Gasteiger partial charge on any atom is -0.394 e. The predicted molar refractivity (Wildman–Crippen MR) is 148 cm³/mol. The largest absolute Gasteiger partial charge is 0.394 e. The average molecular weight is 623 g/mol. The van der Waals surface area contributed by atoms with E-state index >= 15 is 0 Å². The van der Waals surface area contributed by atoms with Crippen LogP contribution in [0.3, 0.4) is 0 Å². The first-order valence-corrected chi connectivity index (χ1v) is 15.2. The molecule has 0 radical (unpaired) electrons. The lowest BCUT2D eigenvalue weighted by Crippen LogP contribution is -2.67. The Labute approximate surface area is 250 Å². The van der Waals surface area contributed by atoms with Crippen LogP contribution < -0.4 is 34.0 Å². The number of aliphatic hydroxyl groups is 5. The summed E-state index contributed by atoms with van der Waals surface area (Å²) in [6, 6.07) is -2.89. The van der Waals surface area contributed by atoms with E-state index in [1.807, 2.05) is 0 Å². The lowest BCUT2D eigenvalue weighted by molar-refractivity contribution is -0.280. The Bertz CT molecular complexity index is 893. The van der Waals surface area contributed by atoms with Gasteiger partial charge in [0.15, 0.2) is 12.6 Å². The van der Waals surface area contributed by atoms with Gasteiger partial charge in [-0.05, 0) is 19.3 Å². The lowest BCUT2D eigenvalue weighted by Gasteiger charge is -2.50. The van der Waals surface area contributed by atoms with Crippen molar-refractivity contribution in [2.45, 2.75) is 123 Å². The molecule has 4 heterocycles. The van der Waals surface area contributed by atoms with Crippen LogP contribution in [0.4, 0.5) is 0 Å². The normalized spacial score (nSPS) is 53.2. The third-order valence-electron chi connectivity index (χ3n) is 9.54. The molecule has 0 aromatic carbocycles. The maximum Gasteiger partial charge on any atom is 0.187 e. The summed E-state index contributed by atoms with van der Waals surface area (Å²) in [4.78, 5) is 0. The van der Waals surface area contributed by atoms with Gasteiger partial charge < -0.3 is 87.9 Å². The smallest absolute Gasteiger partial charge is 0.187 e. The quantitative estimate of drug-likeness (QED) is 0.120. The van der Waals surface area contributed by atoms with Gasteiger partial charge in [0.2, 0.25) is 0 Å². The fraction of sp³-hybridized carbons (Fsp3) is 1.00. The number of nitrogens with one attached hydrogen (secondary N) is 1. The molecule has 17 nitrogen and oxygen atoms in total. The van der Waals surface area contributed by atoms with E-state index in [9.17, 15) is 25.5 Å². The van der Waals surface area contributed by atoms with Crippen LogP contribution in [0.2, 0.25) is 0 Å². The van der Waals surface area contributed by atoms with Gasteiger partial charge >= 0.3 is 0 Å². The van der Waals surface area contributed by atoms with E-state index in [1.54, 1.807) is 0 Å². The van der Waals surface area contributed by atoms with Crippen LogP contribution in [0, 0.1) is 5.92 Å². The molecule has 43 heavy (non-hydrogen) atoms. The molecule has 1 aliphatic carbocycles. The second-order valence-corrected chi connectivity index (χ2v) is 12.4. The molecule has 17 heteroatoms. The van der Waals surface area contributed by atoms with Gasteiger partial charge in [-0.25, -0.2) is 0 Å². The highest BCUT2D eigenvalue weighted by Crippen LogP contribution is 2.38. The Kier molecular flexibility index (Phi) is 11.3. The molecule has 0 aromatic rings. The van der Waals surface area contributed by atoms with Gasteiger partial charge in [0.05, 0.1) is 56.3 Å². The van der Waals surface area contributed by atoms with Crippen LogP contribution in [0.5, 0.6) is 0 Å². The van der Waals surface area contributed by atoms with E-state index in [4.69, 9.17) is 57.1 Å². The predicted octanol–water partition coefficient (Wildman–Crippen LogP) is -6.53. The van der Waals surface area contributed by atoms with Crippen LogP contribution in [0.1, 0.15) is 19.3 Å². The Morgan fingerprint density at radius 3 is 2.16 bits per heavy atom. The summed E-state index contributed by atoms with van der Waals surface area (Å²) in [7, 11) is 0.